The lowest BCUT2D eigenvalue weighted by Crippen LogP contribution is -3.21. The van der Waals surface area contributed by atoms with Crippen molar-refractivity contribution in [2.24, 2.45) is 11.3 Å². The van der Waals surface area contributed by atoms with Gasteiger partial charge in [-0.2, -0.15) is 0 Å². The fourth-order valence-corrected chi connectivity index (χ4v) is 2.43. The molecule has 2 N–H and O–H groups in total. The van der Waals surface area contributed by atoms with E-state index in [2.05, 4.69) is 41.5 Å². The Labute approximate surface area is 94.7 Å². The van der Waals surface area contributed by atoms with E-state index in [0.29, 0.717) is 11.3 Å². The summed E-state index contributed by atoms with van der Waals surface area (Å²) in [5.41, 5.74) is 0.572. The molecule has 1 heterocycles. The molecule has 3 unspecified atom stereocenters. The van der Waals surface area contributed by atoms with Crippen molar-refractivity contribution in [3.8, 4) is 0 Å². The number of nitrogens with one attached hydrogen (secondary N) is 1. The van der Waals surface area contributed by atoms with Gasteiger partial charge in [0.05, 0.1) is 12.1 Å². The smallest absolute Gasteiger partial charge is 0.104 e. The van der Waals surface area contributed by atoms with Crippen LogP contribution in [0.3, 0.4) is 0 Å². The summed E-state index contributed by atoms with van der Waals surface area (Å²) in [6, 6.07) is 0. The number of aliphatic hydroxyl groups excluding tert-OH is 1. The third kappa shape index (κ3) is 3.46. The van der Waals surface area contributed by atoms with Crippen LogP contribution in [-0.2, 0) is 0 Å². The third-order valence-corrected chi connectivity index (χ3v) is 3.82. The Morgan fingerprint density at radius 3 is 1.93 bits per heavy atom. The number of aliphatic hydroxyl groups is 1. The molecule has 2 heteroatoms. The zero-order valence-corrected chi connectivity index (χ0v) is 11.2. The molecule has 1 rings (SSSR count). The fourth-order valence-electron chi connectivity index (χ4n) is 2.43. The third-order valence-electron chi connectivity index (χ3n) is 3.82. The Balaban J connectivity index is 2.73. The van der Waals surface area contributed by atoms with Gasteiger partial charge in [0.2, 0.25) is 0 Å². The van der Waals surface area contributed by atoms with Crippen LogP contribution >= 0.6 is 0 Å². The van der Waals surface area contributed by atoms with Crippen LogP contribution in [-0.4, -0.2) is 29.8 Å². The molecule has 0 aromatic carbocycles. The molecule has 3 atom stereocenters. The zero-order chi connectivity index (χ0) is 11.9. The van der Waals surface area contributed by atoms with Crippen molar-refractivity contribution in [3.63, 3.8) is 0 Å². The molecule has 1 aliphatic heterocycles. The minimum absolute atomic E-state index is 0.114. The van der Waals surface area contributed by atoms with E-state index in [9.17, 15) is 5.11 Å². The van der Waals surface area contributed by atoms with Gasteiger partial charge in [0, 0.05) is 5.92 Å². The van der Waals surface area contributed by atoms with Crippen molar-refractivity contribution in [3.05, 3.63) is 0 Å². The molecular weight excluding hydrogens is 186 g/mol. The lowest BCUT2D eigenvalue weighted by atomic mass is 9.75. The molecule has 0 bridgehead atoms. The number of likely N-dealkylation sites (tertiary alicyclic amines) is 1. The Hall–Kier alpha value is -0.0800. The highest BCUT2D eigenvalue weighted by Crippen LogP contribution is 2.30. The second kappa shape index (κ2) is 4.06. The van der Waals surface area contributed by atoms with Gasteiger partial charge in [-0.05, 0) is 32.6 Å². The summed E-state index contributed by atoms with van der Waals surface area (Å²) in [4.78, 5) is 1.54. The van der Waals surface area contributed by atoms with Gasteiger partial charge in [0.15, 0.2) is 0 Å². The lowest BCUT2D eigenvalue weighted by Gasteiger charge is -2.44. The zero-order valence-electron chi connectivity index (χ0n) is 11.2. The van der Waals surface area contributed by atoms with Gasteiger partial charge in [0.25, 0.3) is 0 Å². The maximum atomic E-state index is 9.96. The number of piperidine rings is 1. The standard InChI is InChI=1S/C13H27NO/c1-12(2,3)10-7-11(15)9-14(8-10)13(4,5)6/h10-11,15H,7-9H2,1-6H3/p+1. The van der Waals surface area contributed by atoms with Crippen molar-refractivity contribution in [2.75, 3.05) is 13.1 Å². The van der Waals surface area contributed by atoms with Gasteiger partial charge in [-0.1, -0.05) is 20.8 Å². The molecule has 1 aliphatic rings. The van der Waals surface area contributed by atoms with E-state index in [-0.39, 0.29) is 11.6 Å². The van der Waals surface area contributed by atoms with Crippen molar-refractivity contribution in [1.29, 1.82) is 0 Å². The Morgan fingerprint density at radius 1 is 1.00 bits per heavy atom. The first-order chi connectivity index (χ1) is 6.60. The van der Waals surface area contributed by atoms with Crippen LogP contribution in [0.4, 0.5) is 0 Å². The molecule has 90 valence electrons. The van der Waals surface area contributed by atoms with E-state index in [1.54, 1.807) is 4.90 Å². The van der Waals surface area contributed by atoms with E-state index >= 15 is 0 Å². The van der Waals surface area contributed by atoms with Gasteiger partial charge < -0.3 is 10.0 Å². The van der Waals surface area contributed by atoms with Gasteiger partial charge >= 0.3 is 0 Å². The molecule has 0 aliphatic carbocycles. The normalized spacial score (nSPS) is 34.2. The van der Waals surface area contributed by atoms with Gasteiger partial charge in [0.1, 0.15) is 12.6 Å². The van der Waals surface area contributed by atoms with Gasteiger partial charge in [-0.25, -0.2) is 0 Å². The molecule has 0 aromatic rings. The quantitative estimate of drug-likeness (QED) is 0.620. The van der Waals surface area contributed by atoms with Crippen LogP contribution in [0.1, 0.15) is 48.0 Å². The molecule has 0 amide bonds. The van der Waals surface area contributed by atoms with Crippen molar-refractivity contribution < 1.29 is 10.0 Å². The van der Waals surface area contributed by atoms with Crippen LogP contribution in [0.15, 0.2) is 0 Å². The highest BCUT2D eigenvalue weighted by atomic mass is 16.3. The van der Waals surface area contributed by atoms with E-state index in [4.69, 9.17) is 0 Å². The number of hydrogen-bond donors (Lipinski definition) is 2. The van der Waals surface area contributed by atoms with E-state index in [1.807, 2.05) is 0 Å². The average Bonchev–Trinajstić information content (AvgIpc) is 1.99. The Kier molecular flexibility index (Phi) is 3.52. The van der Waals surface area contributed by atoms with Crippen LogP contribution in [0.5, 0.6) is 0 Å². The van der Waals surface area contributed by atoms with Crippen LogP contribution in [0.2, 0.25) is 0 Å². The predicted molar refractivity (Wildman–Crippen MR) is 64.0 cm³/mol. The van der Waals surface area contributed by atoms with Gasteiger partial charge in [-0.15, -0.1) is 0 Å². The summed E-state index contributed by atoms with van der Waals surface area (Å²) in [6.07, 6.45) is 0.862. The number of hydrogen-bond acceptors (Lipinski definition) is 1. The lowest BCUT2D eigenvalue weighted by molar-refractivity contribution is -0.958. The number of rotatable bonds is 0. The van der Waals surface area contributed by atoms with Crippen molar-refractivity contribution in [2.45, 2.75) is 59.6 Å². The summed E-state index contributed by atoms with van der Waals surface area (Å²) in [6.45, 7) is 15.8. The highest BCUT2D eigenvalue weighted by Gasteiger charge is 2.40. The summed E-state index contributed by atoms with van der Waals surface area (Å²) in [7, 11) is 0. The molecule has 1 saturated heterocycles. The van der Waals surface area contributed by atoms with E-state index < -0.39 is 0 Å². The summed E-state index contributed by atoms with van der Waals surface area (Å²) < 4.78 is 0. The van der Waals surface area contributed by atoms with E-state index in [0.717, 1.165) is 13.0 Å². The molecule has 0 spiro atoms. The predicted octanol–water partition coefficient (Wildman–Crippen LogP) is 1.10. The fraction of sp³-hybridized carbons (Fsp3) is 1.00. The highest BCUT2D eigenvalue weighted by molar-refractivity contribution is 4.80. The summed E-state index contributed by atoms with van der Waals surface area (Å²) in [5, 5.41) is 9.96. The monoisotopic (exact) mass is 214 g/mol. The first-order valence-electron chi connectivity index (χ1n) is 6.14. The van der Waals surface area contributed by atoms with Crippen LogP contribution in [0.25, 0.3) is 0 Å². The van der Waals surface area contributed by atoms with Gasteiger partial charge in [-0.3, -0.25) is 0 Å². The second-order valence-corrected chi connectivity index (χ2v) is 7.21. The average molecular weight is 214 g/mol. The minimum Gasteiger partial charge on any atom is -0.387 e. The Morgan fingerprint density at radius 2 is 1.53 bits per heavy atom. The molecule has 0 radical (unpaired) electrons. The molecule has 1 fully saturated rings. The van der Waals surface area contributed by atoms with Crippen LogP contribution < -0.4 is 4.90 Å². The Bertz CT molecular complexity index is 190. The SMILES string of the molecule is CC(C)(C)C1CC(O)C[NH+](C(C)(C)C)C1. The molecule has 0 saturated carbocycles. The molecule has 0 aromatic heterocycles. The largest absolute Gasteiger partial charge is 0.387 e. The summed E-state index contributed by atoms with van der Waals surface area (Å²) in [5.74, 6) is 0.635. The van der Waals surface area contributed by atoms with Crippen molar-refractivity contribution >= 4 is 0 Å². The topological polar surface area (TPSA) is 24.7 Å². The maximum absolute atomic E-state index is 9.96. The van der Waals surface area contributed by atoms with Crippen LogP contribution in [0, 0.1) is 11.3 Å². The molecule has 2 nitrogen and oxygen atoms in total. The first-order valence-corrected chi connectivity index (χ1v) is 6.14. The summed E-state index contributed by atoms with van der Waals surface area (Å²) >= 11 is 0. The number of quaternary nitrogens is 1. The second-order valence-electron chi connectivity index (χ2n) is 7.21. The first kappa shape index (κ1) is 13.0. The molecule has 15 heavy (non-hydrogen) atoms. The minimum atomic E-state index is -0.114. The maximum Gasteiger partial charge on any atom is 0.104 e. The molecular formula is C13H28NO+. The van der Waals surface area contributed by atoms with Crippen molar-refractivity contribution in [1.82, 2.24) is 0 Å². The van der Waals surface area contributed by atoms with E-state index in [1.165, 1.54) is 6.54 Å².